The summed E-state index contributed by atoms with van der Waals surface area (Å²) in [6.45, 7) is 0. The summed E-state index contributed by atoms with van der Waals surface area (Å²) >= 11 is 0. The average molecular weight is 601 g/mol. The summed E-state index contributed by atoms with van der Waals surface area (Å²) in [7, 11) is 0. The zero-order valence-electron chi connectivity index (χ0n) is 25.4. The van der Waals surface area contributed by atoms with Gasteiger partial charge < -0.3 is 14.3 Å². The van der Waals surface area contributed by atoms with E-state index in [-0.39, 0.29) is 0 Å². The van der Waals surface area contributed by atoms with Crippen molar-refractivity contribution in [3.05, 3.63) is 164 Å². The monoisotopic (exact) mass is 600 g/mol. The van der Waals surface area contributed by atoms with E-state index in [0.717, 1.165) is 61.2 Å². The number of furan rings is 1. The normalized spacial score (nSPS) is 11.8. The fourth-order valence-corrected chi connectivity index (χ4v) is 7.31. The predicted molar refractivity (Wildman–Crippen MR) is 198 cm³/mol. The summed E-state index contributed by atoms with van der Waals surface area (Å²) in [6, 6.07) is 58.6. The van der Waals surface area contributed by atoms with Crippen molar-refractivity contribution in [2.45, 2.75) is 0 Å². The summed E-state index contributed by atoms with van der Waals surface area (Å²) in [5.41, 5.74) is 9.55. The number of anilines is 3. The standard InChI is InChI=1S/C44H28N2O/c1-3-11-30-25-32(21-19-28(30)9-1)46(33-22-20-29-10-2-4-12-31(29)26-33)34-23-24-42-40(27-34)39-17-8-16-38(44(39)47-42)37-15-7-14-36-35-13-5-6-18-41(35)45-43(36)37/h1-27,45H. The van der Waals surface area contributed by atoms with Crippen LogP contribution in [0.4, 0.5) is 17.1 Å². The molecular formula is C44H28N2O. The molecule has 2 heterocycles. The number of aromatic nitrogens is 1. The Balaban J connectivity index is 1.18. The smallest absolute Gasteiger partial charge is 0.143 e. The van der Waals surface area contributed by atoms with Crippen molar-refractivity contribution < 1.29 is 4.42 Å². The van der Waals surface area contributed by atoms with Gasteiger partial charge in [0.1, 0.15) is 11.2 Å². The Morgan fingerprint density at radius 3 is 1.72 bits per heavy atom. The molecule has 0 radical (unpaired) electrons. The van der Waals surface area contributed by atoms with Crippen molar-refractivity contribution in [1.29, 1.82) is 0 Å². The van der Waals surface area contributed by atoms with Crippen LogP contribution in [0, 0.1) is 0 Å². The summed E-state index contributed by atoms with van der Waals surface area (Å²) in [5, 5.41) is 9.51. The molecule has 0 fully saturated rings. The molecule has 0 bridgehead atoms. The van der Waals surface area contributed by atoms with Gasteiger partial charge in [-0.1, -0.05) is 115 Å². The number of hydrogen-bond acceptors (Lipinski definition) is 2. The van der Waals surface area contributed by atoms with E-state index < -0.39 is 0 Å². The van der Waals surface area contributed by atoms with Crippen LogP contribution in [0.2, 0.25) is 0 Å². The third kappa shape index (κ3) is 4.07. The molecule has 10 rings (SSSR count). The van der Waals surface area contributed by atoms with Gasteiger partial charge in [0.05, 0.1) is 5.52 Å². The largest absolute Gasteiger partial charge is 0.455 e. The molecule has 3 heteroatoms. The molecule has 0 aliphatic heterocycles. The van der Waals surface area contributed by atoms with Crippen LogP contribution in [0.15, 0.2) is 168 Å². The van der Waals surface area contributed by atoms with Crippen molar-refractivity contribution in [2.75, 3.05) is 4.90 Å². The number of benzene rings is 8. The van der Waals surface area contributed by atoms with Crippen LogP contribution >= 0.6 is 0 Å². The molecule has 8 aromatic carbocycles. The number of H-pyrrole nitrogens is 1. The third-order valence-electron chi connectivity index (χ3n) is 9.55. The highest BCUT2D eigenvalue weighted by molar-refractivity contribution is 6.16. The number of aromatic amines is 1. The van der Waals surface area contributed by atoms with Crippen molar-refractivity contribution >= 4 is 82.4 Å². The molecule has 0 spiro atoms. The molecule has 3 nitrogen and oxygen atoms in total. The highest BCUT2D eigenvalue weighted by atomic mass is 16.3. The maximum absolute atomic E-state index is 6.69. The lowest BCUT2D eigenvalue weighted by molar-refractivity contribution is 0.670. The van der Waals surface area contributed by atoms with Crippen LogP contribution < -0.4 is 4.90 Å². The fraction of sp³-hybridized carbons (Fsp3) is 0. The quantitative estimate of drug-likeness (QED) is 0.218. The Hall–Kier alpha value is -6.32. The molecule has 2 aromatic heterocycles. The Labute approximate surface area is 270 Å². The minimum absolute atomic E-state index is 0.872. The molecule has 0 saturated heterocycles. The highest BCUT2D eigenvalue weighted by Gasteiger charge is 2.19. The van der Waals surface area contributed by atoms with Gasteiger partial charge in [0, 0.05) is 55.3 Å². The minimum Gasteiger partial charge on any atom is -0.455 e. The molecular weight excluding hydrogens is 572 g/mol. The number of hydrogen-bond donors (Lipinski definition) is 1. The van der Waals surface area contributed by atoms with E-state index in [1.807, 2.05) is 0 Å². The van der Waals surface area contributed by atoms with E-state index in [0.29, 0.717) is 0 Å². The van der Waals surface area contributed by atoms with E-state index in [4.69, 9.17) is 4.42 Å². The maximum atomic E-state index is 6.69. The van der Waals surface area contributed by atoms with Gasteiger partial charge in [-0.3, -0.25) is 0 Å². The van der Waals surface area contributed by atoms with Crippen LogP contribution in [0.5, 0.6) is 0 Å². The van der Waals surface area contributed by atoms with Crippen molar-refractivity contribution in [2.24, 2.45) is 0 Å². The summed E-state index contributed by atoms with van der Waals surface area (Å²) in [5.74, 6) is 0. The molecule has 0 aliphatic carbocycles. The van der Waals surface area contributed by atoms with Crippen molar-refractivity contribution in [3.63, 3.8) is 0 Å². The highest BCUT2D eigenvalue weighted by Crippen LogP contribution is 2.43. The summed E-state index contributed by atoms with van der Waals surface area (Å²) in [4.78, 5) is 6.03. The van der Waals surface area contributed by atoms with Gasteiger partial charge in [0.25, 0.3) is 0 Å². The molecule has 0 atom stereocenters. The zero-order chi connectivity index (χ0) is 30.9. The second-order valence-electron chi connectivity index (χ2n) is 12.3. The number of para-hydroxylation sites is 3. The molecule has 47 heavy (non-hydrogen) atoms. The number of rotatable bonds is 4. The minimum atomic E-state index is 0.872. The second kappa shape index (κ2) is 10.1. The molecule has 0 saturated carbocycles. The van der Waals surface area contributed by atoms with Gasteiger partial charge in [0.15, 0.2) is 0 Å². The predicted octanol–water partition coefficient (Wildman–Crippen LogP) is 12.7. The molecule has 0 amide bonds. The van der Waals surface area contributed by atoms with Gasteiger partial charge >= 0.3 is 0 Å². The lowest BCUT2D eigenvalue weighted by Crippen LogP contribution is -2.09. The first-order valence-electron chi connectivity index (χ1n) is 16.0. The van der Waals surface area contributed by atoms with Crippen molar-refractivity contribution in [1.82, 2.24) is 4.98 Å². The van der Waals surface area contributed by atoms with Crippen LogP contribution in [0.1, 0.15) is 0 Å². The van der Waals surface area contributed by atoms with Crippen LogP contribution in [0.3, 0.4) is 0 Å². The van der Waals surface area contributed by atoms with Gasteiger partial charge in [-0.25, -0.2) is 0 Å². The topological polar surface area (TPSA) is 32.2 Å². The molecule has 0 unspecified atom stereocenters. The first-order chi connectivity index (χ1) is 23.3. The fourth-order valence-electron chi connectivity index (χ4n) is 7.31. The van der Waals surface area contributed by atoms with Gasteiger partial charge in [0.2, 0.25) is 0 Å². The first-order valence-corrected chi connectivity index (χ1v) is 16.0. The lowest BCUT2D eigenvalue weighted by Gasteiger charge is -2.26. The molecule has 220 valence electrons. The van der Waals surface area contributed by atoms with E-state index in [9.17, 15) is 0 Å². The van der Waals surface area contributed by atoms with E-state index in [2.05, 4.69) is 174 Å². The van der Waals surface area contributed by atoms with Gasteiger partial charge in [-0.15, -0.1) is 0 Å². The van der Waals surface area contributed by atoms with E-state index in [1.165, 1.54) is 32.3 Å². The Bertz CT molecular complexity index is 2740. The summed E-state index contributed by atoms with van der Waals surface area (Å²) < 4.78 is 6.69. The number of nitrogens with zero attached hydrogens (tertiary/aromatic N) is 1. The van der Waals surface area contributed by atoms with Crippen LogP contribution in [-0.2, 0) is 0 Å². The zero-order valence-corrected chi connectivity index (χ0v) is 25.4. The summed E-state index contributed by atoms with van der Waals surface area (Å²) in [6.07, 6.45) is 0. The molecule has 10 aromatic rings. The lowest BCUT2D eigenvalue weighted by atomic mass is 9.99. The van der Waals surface area contributed by atoms with E-state index in [1.54, 1.807) is 0 Å². The second-order valence-corrected chi connectivity index (χ2v) is 12.3. The Kier molecular flexibility index (Phi) is 5.57. The Morgan fingerprint density at radius 1 is 0.404 bits per heavy atom. The van der Waals surface area contributed by atoms with Gasteiger partial charge in [-0.2, -0.15) is 0 Å². The molecule has 1 N–H and O–H groups in total. The van der Waals surface area contributed by atoms with Crippen LogP contribution in [0.25, 0.3) is 76.4 Å². The van der Waals surface area contributed by atoms with Crippen LogP contribution in [-0.4, -0.2) is 4.98 Å². The van der Waals surface area contributed by atoms with Crippen molar-refractivity contribution in [3.8, 4) is 11.1 Å². The van der Waals surface area contributed by atoms with E-state index >= 15 is 0 Å². The van der Waals surface area contributed by atoms with Gasteiger partial charge in [-0.05, 0) is 70.1 Å². The number of nitrogens with one attached hydrogen (secondary N) is 1. The third-order valence-corrected chi connectivity index (χ3v) is 9.55. The SMILES string of the molecule is c1ccc2cc(N(c3ccc4ccccc4c3)c3ccc4oc5c(-c6cccc7c6[nH]c6ccccc67)cccc5c4c3)ccc2c1. The average Bonchev–Trinajstić information content (AvgIpc) is 3.70. The number of fused-ring (bicyclic) bond motifs is 8. The first kappa shape index (κ1) is 26.0. The Morgan fingerprint density at radius 2 is 0.979 bits per heavy atom. The molecule has 0 aliphatic rings. The maximum Gasteiger partial charge on any atom is 0.143 e.